The van der Waals surface area contributed by atoms with Gasteiger partial charge in [-0.25, -0.2) is 9.18 Å². The standard InChI is InChI=1S/C21H17ClF3N.C8H9FN2O.C2H6/c1-20(13-15-6-3-2-4-7-15,19-11-10-18(22)14-26-19)16-8-5-9-17(12-16)21(23,24)25;1-10-8(12)11-7-4-2-3-6(9)5-7;1-2/h2-12,14H,13H2,1H3;2-5H,1H3,(H2,10,11,12);1-2H3. The lowest BCUT2D eigenvalue weighted by molar-refractivity contribution is -0.137. The quantitative estimate of drug-likeness (QED) is 0.234. The summed E-state index contributed by atoms with van der Waals surface area (Å²) in [6.45, 7) is 5.91. The zero-order valence-electron chi connectivity index (χ0n) is 22.7. The molecule has 3 aromatic carbocycles. The number of carbonyl (C=O) groups is 1. The third kappa shape index (κ3) is 9.38. The second-order valence-corrected chi connectivity index (χ2v) is 9.09. The summed E-state index contributed by atoms with van der Waals surface area (Å²) in [5.74, 6) is -0.371. The molecule has 1 aromatic heterocycles. The summed E-state index contributed by atoms with van der Waals surface area (Å²) >= 11 is 5.94. The number of aromatic nitrogens is 1. The zero-order chi connectivity index (χ0) is 29.8. The number of nitrogens with one attached hydrogen (secondary N) is 2. The van der Waals surface area contributed by atoms with E-state index in [0.717, 1.165) is 11.6 Å². The summed E-state index contributed by atoms with van der Waals surface area (Å²) in [7, 11) is 1.49. The van der Waals surface area contributed by atoms with Gasteiger partial charge in [0, 0.05) is 24.3 Å². The Kier molecular flexibility index (Phi) is 12.1. The maximum atomic E-state index is 13.2. The van der Waals surface area contributed by atoms with Crippen LogP contribution < -0.4 is 10.6 Å². The molecule has 4 aromatic rings. The molecule has 4 nitrogen and oxygen atoms in total. The molecule has 9 heteroatoms. The van der Waals surface area contributed by atoms with Crippen molar-refractivity contribution < 1.29 is 22.4 Å². The van der Waals surface area contributed by atoms with E-state index < -0.39 is 17.2 Å². The highest BCUT2D eigenvalue weighted by Crippen LogP contribution is 2.38. The number of halogens is 5. The van der Waals surface area contributed by atoms with Gasteiger partial charge in [-0.05, 0) is 60.9 Å². The SMILES string of the molecule is CC.CC(Cc1ccccc1)(c1cccc(C(F)(F)F)c1)c1ccc(Cl)cn1.CNC(=O)Nc1cccc(F)c1. The minimum absolute atomic E-state index is 0.361. The van der Waals surface area contributed by atoms with Crippen molar-refractivity contribution in [2.45, 2.75) is 38.8 Å². The predicted octanol–water partition coefficient (Wildman–Crippen LogP) is 8.91. The van der Waals surface area contributed by atoms with Gasteiger partial charge in [-0.1, -0.05) is 80.0 Å². The fraction of sp³-hybridized carbons (Fsp3) is 0.226. The number of hydrogen-bond acceptors (Lipinski definition) is 2. The molecule has 1 heterocycles. The van der Waals surface area contributed by atoms with Crippen molar-refractivity contribution in [3.63, 3.8) is 0 Å². The van der Waals surface area contributed by atoms with Gasteiger partial charge in [0.2, 0.25) is 0 Å². The minimum atomic E-state index is -4.39. The highest BCUT2D eigenvalue weighted by molar-refractivity contribution is 6.30. The van der Waals surface area contributed by atoms with Gasteiger partial charge in [0.25, 0.3) is 0 Å². The summed E-state index contributed by atoms with van der Waals surface area (Å²) in [5.41, 5.74) is 1.30. The summed E-state index contributed by atoms with van der Waals surface area (Å²) < 4.78 is 52.2. The Balaban J connectivity index is 0.000000336. The van der Waals surface area contributed by atoms with Crippen molar-refractivity contribution in [3.05, 3.63) is 130 Å². The topological polar surface area (TPSA) is 54.0 Å². The van der Waals surface area contributed by atoms with E-state index in [1.165, 1.54) is 43.6 Å². The predicted molar refractivity (Wildman–Crippen MR) is 153 cm³/mol. The van der Waals surface area contributed by atoms with Gasteiger partial charge in [0.15, 0.2) is 0 Å². The number of rotatable bonds is 5. The maximum Gasteiger partial charge on any atom is 0.416 e. The summed E-state index contributed by atoms with van der Waals surface area (Å²) in [6, 6.07) is 23.9. The minimum Gasteiger partial charge on any atom is -0.341 e. The molecule has 0 radical (unpaired) electrons. The highest BCUT2D eigenvalue weighted by atomic mass is 35.5. The maximum absolute atomic E-state index is 13.2. The van der Waals surface area contributed by atoms with Crippen LogP contribution in [-0.2, 0) is 18.0 Å². The van der Waals surface area contributed by atoms with Gasteiger partial charge in [-0.2, -0.15) is 13.2 Å². The lowest BCUT2D eigenvalue weighted by atomic mass is 9.74. The second-order valence-electron chi connectivity index (χ2n) is 8.65. The van der Waals surface area contributed by atoms with Crippen molar-refractivity contribution >= 4 is 23.3 Å². The first-order chi connectivity index (χ1) is 19.0. The smallest absolute Gasteiger partial charge is 0.341 e. The van der Waals surface area contributed by atoms with Gasteiger partial charge >= 0.3 is 12.2 Å². The van der Waals surface area contributed by atoms with Crippen LogP contribution in [-0.4, -0.2) is 18.1 Å². The molecule has 0 aliphatic rings. The Labute approximate surface area is 237 Å². The molecule has 0 saturated carbocycles. The van der Waals surface area contributed by atoms with Gasteiger partial charge in [-0.15, -0.1) is 0 Å². The number of benzene rings is 3. The molecule has 2 amide bonds. The first-order valence-corrected chi connectivity index (χ1v) is 13.0. The molecule has 4 rings (SSSR count). The fourth-order valence-electron chi connectivity index (χ4n) is 3.85. The van der Waals surface area contributed by atoms with Crippen LogP contribution >= 0.6 is 11.6 Å². The van der Waals surface area contributed by atoms with Crippen LogP contribution in [0.15, 0.2) is 97.2 Å². The lowest BCUT2D eigenvalue weighted by Crippen LogP contribution is -2.28. The van der Waals surface area contributed by atoms with Crippen LogP contribution in [0.2, 0.25) is 5.02 Å². The lowest BCUT2D eigenvalue weighted by Gasteiger charge is -2.31. The van der Waals surface area contributed by atoms with Crippen LogP contribution in [0.5, 0.6) is 0 Å². The molecule has 0 aliphatic carbocycles. The van der Waals surface area contributed by atoms with Gasteiger partial charge in [0.05, 0.1) is 16.3 Å². The van der Waals surface area contributed by atoms with E-state index in [9.17, 15) is 22.4 Å². The Hall–Kier alpha value is -3.91. The van der Waals surface area contributed by atoms with Crippen molar-refractivity contribution in [2.75, 3.05) is 12.4 Å². The molecule has 1 atom stereocenters. The molecule has 212 valence electrons. The normalized spacial score (nSPS) is 12.0. The van der Waals surface area contributed by atoms with E-state index in [1.807, 2.05) is 51.1 Å². The molecule has 2 N–H and O–H groups in total. The molecule has 0 bridgehead atoms. The van der Waals surface area contributed by atoms with E-state index in [1.54, 1.807) is 24.3 Å². The number of anilines is 1. The number of carbonyl (C=O) groups excluding carboxylic acids is 1. The average Bonchev–Trinajstić information content (AvgIpc) is 2.95. The third-order valence-electron chi connectivity index (χ3n) is 5.83. The van der Waals surface area contributed by atoms with E-state index in [2.05, 4.69) is 15.6 Å². The van der Waals surface area contributed by atoms with E-state index in [0.29, 0.717) is 28.4 Å². The van der Waals surface area contributed by atoms with E-state index >= 15 is 0 Å². The zero-order valence-corrected chi connectivity index (χ0v) is 23.4. The molecule has 0 saturated heterocycles. The summed E-state index contributed by atoms with van der Waals surface area (Å²) in [5, 5.41) is 5.29. The van der Waals surface area contributed by atoms with E-state index in [-0.39, 0.29) is 11.8 Å². The molecule has 0 aliphatic heterocycles. The number of hydrogen-bond donors (Lipinski definition) is 2. The fourth-order valence-corrected chi connectivity index (χ4v) is 3.96. The number of nitrogens with zero attached hydrogens (tertiary/aromatic N) is 1. The third-order valence-corrected chi connectivity index (χ3v) is 6.05. The highest BCUT2D eigenvalue weighted by Gasteiger charge is 2.35. The first-order valence-electron chi connectivity index (χ1n) is 12.6. The van der Waals surface area contributed by atoms with Crippen molar-refractivity contribution in [1.29, 1.82) is 0 Å². The van der Waals surface area contributed by atoms with Crippen molar-refractivity contribution in [1.82, 2.24) is 10.3 Å². The van der Waals surface area contributed by atoms with Gasteiger partial charge in [-0.3, -0.25) is 4.98 Å². The van der Waals surface area contributed by atoms with Crippen LogP contribution in [0.3, 0.4) is 0 Å². The molecular weight excluding hydrogens is 542 g/mol. The van der Waals surface area contributed by atoms with Crippen LogP contribution in [0.4, 0.5) is 28.0 Å². The Morgan fingerprint density at radius 3 is 2.10 bits per heavy atom. The van der Waals surface area contributed by atoms with Crippen LogP contribution in [0, 0.1) is 5.82 Å². The Morgan fingerprint density at radius 1 is 0.875 bits per heavy atom. The van der Waals surface area contributed by atoms with Gasteiger partial charge < -0.3 is 10.6 Å². The number of alkyl halides is 3. The van der Waals surface area contributed by atoms with Crippen LogP contribution in [0.25, 0.3) is 0 Å². The van der Waals surface area contributed by atoms with E-state index in [4.69, 9.17) is 11.6 Å². The first kappa shape index (κ1) is 32.3. The Morgan fingerprint density at radius 2 is 1.52 bits per heavy atom. The van der Waals surface area contributed by atoms with Crippen molar-refractivity contribution in [2.24, 2.45) is 0 Å². The number of pyridine rings is 1. The number of urea groups is 1. The summed E-state index contributed by atoms with van der Waals surface area (Å²) in [6.07, 6.45) is -2.35. The van der Waals surface area contributed by atoms with Crippen LogP contribution in [0.1, 0.15) is 43.2 Å². The molecular formula is C31H32ClF4N3O. The largest absolute Gasteiger partial charge is 0.416 e. The second kappa shape index (κ2) is 15.0. The van der Waals surface area contributed by atoms with Crippen molar-refractivity contribution in [3.8, 4) is 0 Å². The molecule has 0 spiro atoms. The summed E-state index contributed by atoms with van der Waals surface area (Å²) in [4.78, 5) is 15.1. The molecule has 0 fully saturated rings. The molecule has 1 unspecified atom stereocenters. The monoisotopic (exact) mass is 573 g/mol. The number of amides is 2. The molecule has 40 heavy (non-hydrogen) atoms. The average molecular weight is 574 g/mol. The Bertz CT molecular complexity index is 1350. The van der Waals surface area contributed by atoms with Gasteiger partial charge in [0.1, 0.15) is 5.82 Å².